The summed E-state index contributed by atoms with van der Waals surface area (Å²) in [6.07, 6.45) is 1.74. The highest BCUT2D eigenvalue weighted by atomic mass is 32.2. The van der Waals surface area contributed by atoms with Gasteiger partial charge < -0.3 is 19.7 Å². The number of carbonyl (C=O) groups excluding carboxylic acids is 3. The van der Waals surface area contributed by atoms with E-state index in [1.165, 1.54) is 16.7 Å². The third-order valence-corrected chi connectivity index (χ3v) is 6.76. The number of β-lactam (4-membered cyclic amide) rings is 1. The van der Waals surface area contributed by atoms with E-state index in [1.54, 1.807) is 42.9 Å². The van der Waals surface area contributed by atoms with Crippen molar-refractivity contribution in [3.05, 3.63) is 95.1 Å². The van der Waals surface area contributed by atoms with Crippen molar-refractivity contribution in [2.75, 3.05) is 7.11 Å². The van der Waals surface area contributed by atoms with Gasteiger partial charge in [-0.2, -0.15) is 0 Å². The number of nitrogens with zero attached hydrogens (tertiary/aromatic N) is 1. The summed E-state index contributed by atoms with van der Waals surface area (Å²) in [6, 6.07) is 14.9. The summed E-state index contributed by atoms with van der Waals surface area (Å²) in [4.78, 5) is 40.0. The average molecular weight is 477 g/mol. The van der Waals surface area contributed by atoms with E-state index in [4.69, 9.17) is 9.47 Å². The topological polar surface area (TPSA) is 84.9 Å². The molecule has 2 aliphatic rings. The van der Waals surface area contributed by atoms with Gasteiger partial charge in [0, 0.05) is 0 Å². The Morgan fingerprint density at radius 2 is 1.88 bits per heavy atom. The van der Waals surface area contributed by atoms with E-state index in [1.807, 2.05) is 30.3 Å². The molecule has 2 heterocycles. The fourth-order valence-corrected chi connectivity index (χ4v) is 5.04. The molecule has 4 rings (SSSR count). The average Bonchev–Trinajstić information content (AvgIpc) is 2.86. The Morgan fingerprint density at radius 1 is 1.15 bits per heavy atom. The molecule has 1 N–H and O–H groups in total. The van der Waals surface area contributed by atoms with Crippen LogP contribution >= 0.6 is 11.8 Å². The highest BCUT2D eigenvalue weighted by Crippen LogP contribution is 2.40. The summed E-state index contributed by atoms with van der Waals surface area (Å²) in [7, 11) is 1.58. The molecular formula is C26H24N2O5S. The van der Waals surface area contributed by atoms with E-state index in [0.717, 1.165) is 11.1 Å². The molecule has 1 fully saturated rings. The second-order valence-electron chi connectivity index (χ2n) is 7.80. The maximum absolute atomic E-state index is 13.0. The second kappa shape index (κ2) is 10.5. The molecular weight excluding hydrogens is 452 g/mol. The monoisotopic (exact) mass is 476 g/mol. The molecule has 0 bridgehead atoms. The van der Waals surface area contributed by atoms with Gasteiger partial charge in [-0.3, -0.25) is 9.59 Å². The molecule has 2 amide bonds. The van der Waals surface area contributed by atoms with E-state index in [-0.39, 0.29) is 24.8 Å². The summed E-state index contributed by atoms with van der Waals surface area (Å²) >= 11 is 1.37. The van der Waals surface area contributed by atoms with Crippen LogP contribution in [0.2, 0.25) is 0 Å². The molecule has 34 heavy (non-hydrogen) atoms. The molecule has 0 aliphatic carbocycles. The van der Waals surface area contributed by atoms with Crippen LogP contribution in [0.4, 0.5) is 0 Å². The maximum atomic E-state index is 13.0. The van der Waals surface area contributed by atoms with Gasteiger partial charge in [0.05, 0.1) is 13.5 Å². The summed E-state index contributed by atoms with van der Waals surface area (Å²) < 4.78 is 10.7. The van der Waals surface area contributed by atoms with Crippen molar-refractivity contribution in [3.8, 4) is 5.75 Å². The van der Waals surface area contributed by atoms with Crippen molar-refractivity contribution in [2.45, 2.75) is 30.5 Å². The van der Waals surface area contributed by atoms with Crippen LogP contribution in [-0.2, 0) is 32.1 Å². The standard InChI is InChI=1S/C26H24N2O5S/c1-3-7-19-16-34-25-22(27-21(29)14-17-8-5-4-6-9-17)24(30)28(25)23(19)26(31)33-15-18-10-12-20(32-2)13-11-18/h4-13,16,22-23,25H,1,14-15H2,2H3,(H,27,29)/t22-,23?,25-/m1/s1. The van der Waals surface area contributed by atoms with Crippen molar-refractivity contribution in [3.63, 3.8) is 0 Å². The van der Waals surface area contributed by atoms with Crippen molar-refractivity contribution in [1.82, 2.24) is 10.2 Å². The lowest BCUT2D eigenvalue weighted by Gasteiger charge is -2.51. The van der Waals surface area contributed by atoms with Crippen LogP contribution in [0.3, 0.4) is 0 Å². The SMILES string of the molecule is C=C=CC1=CS[C@@H]2[C@H](NC(=O)Cc3ccccc3)C(=O)N2C1C(=O)OCc1ccc(OC)cc1. The lowest BCUT2D eigenvalue weighted by atomic mass is 9.97. The number of fused-ring (bicyclic) bond motifs is 1. The number of esters is 1. The molecule has 1 unspecified atom stereocenters. The van der Waals surface area contributed by atoms with Crippen LogP contribution in [0.5, 0.6) is 5.75 Å². The summed E-state index contributed by atoms with van der Waals surface area (Å²) in [5, 5.41) is 4.20. The molecule has 0 radical (unpaired) electrons. The molecule has 0 aromatic heterocycles. The lowest BCUT2D eigenvalue weighted by Crippen LogP contribution is -2.74. The van der Waals surface area contributed by atoms with Crippen molar-refractivity contribution in [2.24, 2.45) is 0 Å². The minimum absolute atomic E-state index is 0.0570. The third-order valence-electron chi connectivity index (χ3n) is 5.57. The molecule has 0 spiro atoms. The van der Waals surface area contributed by atoms with Gasteiger partial charge in [-0.05, 0) is 40.3 Å². The van der Waals surface area contributed by atoms with E-state index in [2.05, 4.69) is 17.6 Å². The van der Waals surface area contributed by atoms with Crippen LogP contribution < -0.4 is 10.1 Å². The number of hydrogen-bond donors (Lipinski definition) is 1. The highest BCUT2D eigenvalue weighted by Gasteiger charge is 2.55. The van der Waals surface area contributed by atoms with E-state index in [9.17, 15) is 14.4 Å². The molecule has 2 aromatic carbocycles. The number of methoxy groups -OCH3 is 1. The lowest BCUT2D eigenvalue weighted by molar-refractivity contribution is -0.163. The zero-order chi connectivity index (χ0) is 24.1. The van der Waals surface area contributed by atoms with Crippen molar-refractivity contribution >= 4 is 29.5 Å². The van der Waals surface area contributed by atoms with Crippen LogP contribution in [-0.4, -0.2) is 47.3 Å². The molecule has 7 nitrogen and oxygen atoms in total. The third kappa shape index (κ3) is 4.93. The Bertz CT molecular complexity index is 1160. The minimum atomic E-state index is -0.923. The quantitative estimate of drug-likeness (QED) is 0.358. The van der Waals surface area contributed by atoms with Gasteiger partial charge in [0.2, 0.25) is 11.8 Å². The molecule has 3 atom stereocenters. The van der Waals surface area contributed by atoms with Crippen LogP contribution in [0, 0.1) is 0 Å². The van der Waals surface area contributed by atoms with Gasteiger partial charge >= 0.3 is 5.97 Å². The number of amides is 2. The first-order chi connectivity index (χ1) is 16.5. The van der Waals surface area contributed by atoms with Gasteiger partial charge in [0.1, 0.15) is 23.8 Å². The number of carbonyl (C=O) groups is 3. The van der Waals surface area contributed by atoms with Gasteiger partial charge in [-0.15, -0.1) is 17.5 Å². The Morgan fingerprint density at radius 3 is 2.56 bits per heavy atom. The van der Waals surface area contributed by atoms with Crippen molar-refractivity contribution in [1.29, 1.82) is 0 Å². The second-order valence-corrected chi connectivity index (χ2v) is 8.80. The predicted octanol–water partition coefficient (Wildman–Crippen LogP) is 2.97. The number of hydrogen-bond acceptors (Lipinski definition) is 6. The van der Waals surface area contributed by atoms with Gasteiger partial charge in [-0.25, -0.2) is 4.79 Å². The number of thioether (sulfide) groups is 1. The smallest absolute Gasteiger partial charge is 0.333 e. The summed E-state index contributed by atoms with van der Waals surface area (Å²) in [5.41, 5.74) is 4.89. The first kappa shape index (κ1) is 23.4. The largest absolute Gasteiger partial charge is 0.497 e. The molecule has 8 heteroatoms. The van der Waals surface area contributed by atoms with E-state index < -0.39 is 23.4 Å². The molecule has 1 saturated heterocycles. The van der Waals surface area contributed by atoms with Gasteiger partial charge in [0.25, 0.3) is 0 Å². The van der Waals surface area contributed by atoms with E-state index >= 15 is 0 Å². The van der Waals surface area contributed by atoms with Crippen LogP contribution in [0.15, 0.2) is 84.0 Å². The normalized spacial score (nSPS) is 20.7. The van der Waals surface area contributed by atoms with Crippen LogP contribution in [0.1, 0.15) is 11.1 Å². The maximum Gasteiger partial charge on any atom is 0.333 e. The van der Waals surface area contributed by atoms with Crippen LogP contribution in [0.25, 0.3) is 0 Å². The Balaban J connectivity index is 1.43. The Hall–Kier alpha value is -3.74. The Labute approximate surface area is 202 Å². The summed E-state index contributed by atoms with van der Waals surface area (Å²) in [6.45, 7) is 3.64. The molecule has 0 saturated carbocycles. The number of benzene rings is 2. The van der Waals surface area contributed by atoms with Gasteiger partial charge in [0.15, 0.2) is 6.04 Å². The number of ether oxygens (including phenoxy) is 2. The summed E-state index contributed by atoms with van der Waals surface area (Å²) in [5.74, 6) is -0.422. The minimum Gasteiger partial charge on any atom is -0.497 e. The van der Waals surface area contributed by atoms with Gasteiger partial charge in [-0.1, -0.05) is 49.0 Å². The fraction of sp³-hybridized carbons (Fsp3) is 0.231. The predicted molar refractivity (Wildman–Crippen MR) is 129 cm³/mol. The highest BCUT2D eigenvalue weighted by molar-refractivity contribution is 8.03. The van der Waals surface area contributed by atoms with E-state index in [0.29, 0.717) is 11.3 Å². The molecule has 2 aliphatic heterocycles. The first-order valence-electron chi connectivity index (χ1n) is 10.7. The fourth-order valence-electron chi connectivity index (χ4n) is 3.85. The number of rotatable bonds is 8. The number of nitrogens with one attached hydrogen (secondary N) is 1. The molecule has 174 valence electrons. The Kier molecular flexibility index (Phi) is 7.21. The zero-order valence-electron chi connectivity index (χ0n) is 18.6. The first-order valence-corrected chi connectivity index (χ1v) is 11.6. The van der Waals surface area contributed by atoms with Crippen molar-refractivity contribution < 1.29 is 23.9 Å². The zero-order valence-corrected chi connectivity index (χ0v) is 19.4. The molecule has 2 aromatic rings.